The van der Waals surface area contributed by atoms with E-state index in [4.69, 9.17) is 5.11 Å². The molecule has 2 aliphatic carbocycles. The predicted octanol–water partition coefficient (Wildman–Crippen LogP) is 2.11. The summed E-state index contributed by atoms with van der Waals surface area (Å²) in [7, 11) is 0. The third kappa shape index (κ3) is 2.15. The van der Waals surface area contributed by atoms with E-state index in [-0.39, 0.29) is 36.2 Å². The van der Waals surface area contributed by atoms with E-state index >= 15 is 0 Å². The Balaban J connectivity index is 1.89. The first kappa shape index (κ1) is 13.0. The van der Waals surface area contributed by atoms with Gasteiger partial charge in [-0.1, -0.05) is 24.3 Å². The number of ketones is 2. The summed E-state index contributed by atoms with van der Waals surface area (Å²) in [4.78, 5) is 35.5. The third-order valence-corrected chi connectivity index (χ3v) is 4.45. The Labute approximate surface area is 116 Å². The van der Waals surface area contributed by atoms with Crippen molar-refractivity contribution in [2.24, 2.45) is 17.8 Å². The van der Waals surface area contributed by atoms with Gasteiger partial charge in [-0.15, -0.1) is 0 Å². The van der Waals surface area contributed by atoms with E-state index in [0.29, 0.717) is 18.4 Å². The zero-order chi connectivity index (χ0) is 14.3. The number of carbonyl (C=O) groups excluding carboxylic acids is 2. The molecule has 4 nitrogen and oxygen atoms in total. The molecule has 1 aromatic carbocycles. The summed E-state index contributed by atoms with van der Waals surface area (Å²) in [6.07, 6.45) is 1.60. The summed E-state index contributed by atoms with van der Waals surface area (Å²) in [5, 5.41) is 8.88. The number of hydrogen-bond acceptors (Lipinski definition) is 3. The second kappa shape index (κ2) is 4.85. The molecule has 104 valence electrons. The fraction of sp³-hybridized carbons (Fsp3) is 0.438. The molecule has 0 bridgehead atoms. The van der Waals surface area contributed by atoms with Crippen molar-refractivity contribution in [1.82, 2.24) is 0 Å². The average Bonchev–Trinajstić information content (AvgIpc) is 2.37. The molecule has 1 aromatic rings. The van der Waals surface area contributed by atoms with Crippen LogP contribution in [0, 0.1) is 17.8 Å². The minimum Gasteiger partial charge on any atom is -0.481 e. The molecule has 1 N–H and O–H groups in total. The molecule has 1 fully saturated rings. The van der Waals surface area contributed by atoms with Crippen LogP contribution in [0.25, 0.3) is 0 Å². The number of Topliss-reactive ketones (excluding diaryl/α,β-unsaturated/α-hetero) is 2. The summed E-state index contributed by atoms with van der Waals surface area (Å²) < 4.78 is 0. The monoisotopic (exact) mass is 272 g/mol. The van der Waals surface area contributed by atoms with Crippen molar-refractivity contribution >= 4 is 17.5 Å². The molecule has 1 saturated carbocycles. The number of carbonyl (C=O) groups is 3. The van der Waals surface area contributed by atoms with Crippen LogP contribution in [0.4, 0.5) is 0 Å². The molecule has 0 heterocycles. The standard InChI is InChI=1S/C16H16O4/c17-13-6-9(7-14(18)19)5-11-8-10-3-1-2-4-12(10)16(20)15(11)13/h1-4,9,11,15H,5-8H2,(H,18,19). The lowest BCUT2D eigenvalue weighted by Gasteiger charge is -2.37. The van der Waals surface area contributed by atoms with Gasteiger partial charge < -0.3 is 5.11 Å². The second-order valence-electron chi connectivity index (χ2n) is 5.83. The molecule has 2 aliphatic rings. The lowest BCUT2D eigenvalue weighted by Crippen LogP contribution is -2.42. The Morgan fingerprint density at radius 2 is 1.95 bits per heavy atom. The molecule has 0 radical (unpaired) electrons. The van der Waals surface area contributed by atoms with Gasteiger partial charge in [0.15, 0.2) is 5.78 Å². The summed E-state index contributed by atoms with van der Waals surface area (Å²) in [5.41, 5.74) is 1.65. The van der Waals surface area contributed by atoms with Gasteiger partial charge >= 0.3 is 5.97 Å². The number of carboxylic acid groups (broad SMARTS) is 1. The van der Waals surface area contributed by atoms with Crippen molar-refractivity contribution in [3.8, 4) is 0 Å². The highest BCUT2D eigenvalue weighted by molar-refractivity contribution is 6.12. The van der Waals surface area contributed by atoms with Crippen molar-refractivity contribution in [3.63, 3.8) is 0 Å². The van der Waals surface area contributed by atoms with Gasteiger partial charge in [0.05, 0.1) is 5.92 Å². The van der Waals surface area contributed by atoms with Crippen LogP contribution in [0.1, 0.15) is 35.2 Å². The highest BCUT2D eigenvalue weighted by atomic mass is 16.4. The van der Waals surface area contributed by atoms with Gasteiger partial charge in [-0.3, -0.25) is 14.4 Å². The maximum absolute atomic E-state index is 12.5. The summed E-state index contributed by atoms with van der Waals surface area (Å²) in [6, 6.07) is 7.42. The van der Waals surface area contributed by atoms with E-state index < -0.39 is 11.9 Å². The maximum atomic E-state index is 12.5. The molecule has 0 amide bonds. The fourth-order valence-corrected chi connectivity index (χ4v) is 3.67. The van der Waals surface area contributed by atoms with Crippen LogP contribution in [0.15, 0.2) is 24.3 Å². The highest BCUT2D eigenvalue weighted by Crippen LogP contribution is 2.40. The van der Waals surface area contributed by atoms with E-state index in [2.05, 4.69) is 0 Å². The van der Waals surface area contributed by atoms with Gasteiger partial charge in [0.2, 0.25) is 0 Å². The molecule has 0 spiro atoms. The SMILES string of the molecule is O=C(O)CC1CC(=O)C2C(=O)c3ccccc3CC2C1. The average molecular weight is 272 g/mol. The quantitative estimate of drug-likeness (QED) is 0.837. The van der Waals surface area contributed by atoms with Crippen molar-refractivity contribution in [1.29, 1.82) is 0 Å². The smallest absolute Gasteiger partial charge is 0.303 e. The number of aliphatic carboxylic acids is 1. The first-order chi connectivity index (χ1) is 9.56. The third-order valence-electron chi connectivity index (χ3n) is 4.45. The number of fused-ring (bicyclic) bond motifs is 2. The van der Waals surface area contributed by atoms with Gasteiger partial charge in [0.25, 0.3) is 0 Å². The number of carboxylic acids is 1. The Morgan fingerprint density at radius 1 is 1.20 bits per heavy atom. The zero-order valence-electron chi connectivity index (χ0n) is 11.0. The Bertz CT molecular complexity index is 590. The molecular formula is C16H16O4. The number of rotatable bonds is 2. The van der Waals surface area contributed by atoms with E-state index in [1.165, 1.54) is 0 Å². The van der Waals surface area contributed by atoms with Crippen molar-refractivity contribution in [3.05, 3.63) is 35.4 Å². The minimum atomic E-state index is -0.871. The summed E-state index contributed by atoms with van der Waals surface area (Å²) >= 11 is 0. The van der Waals surface area contributed by atoms with E-state index in [0.717, 1.165) is 5.56 Å². The normalized spacial score (nSPS) is 28.7. The molecule has 3 unspecified atom stereocenters. The highest BCUT2D eigenvalue weighted by Gasteiger charge is 2.44. The molecule has 0 aliphatic heterocycles. The van der Waals surface area contributed by atoms with Crippen molar-refractivity contribution in [2.45, 2.75) is 25.7 Å². The lowest BCUT2D eigenvalue weighted by molar-refractivity contribution is -0.139. The van der Waals surface area contributed by atoms with Gasteiger partial charge in [-0.05, 0) is 30.2 Å². The largest absolute Gasteiger partial charge is 0.481 e. The van der Waals surface area contributed by atoms with Gasteiger partial charge in [0, 0.05) is 18.4 Å². The van der Waals surface area contributed by atoms with Crippen LogP contribution in [0.5, 0.6) is 0 Å². The number of hydrogen-bond donors (Lipinski definition) is 1. The minimum absolute atomic E-state index is 0.0186. The first-order valence-electron chi connectivity index (χ1n) is 6.93. The van der Waals surface area contributed by atoms with Crippen LogP contribution in [-0.4, -0.2) is 22.6 Å². The summed E-state index contributed by atoms with van der Waals surface area (Å²) in [5.74, 6) is -1.72. The van der Waals surface area contributed by atoms with E-state index in [1.54, 1.807) is 6.07 Å². The molecule has 20 heavy (non-hydrogen) atoms. The van der Waals surface area contributed by atoms with Crippen molar-refractivity contribution in [2.75, 3.05) is 0 Å². The molecule has 4 heteroatoms. The molecule has 0 aromatic heterocycles. The lowest BCUT2D eigenvalue weighted by atomic mass is 9.64. The molecule has 3 atom stereocenters. The Morgan fingerprint density at radius 3 is 2.70 bits per heavy atom. The zero-order valence-corrected chi connectivity index (χ0v) is 11.0. The van der Waals surface area contributed by atoms with Crippen LogP contribution < -0.4 is 0 Å². The van der Waals surface area contributed by atoms with Gasteiger partial charge in [-0.2, -0.15) is 0 Å². The maximum Gasteiger partial charge on any atom is 0.303 e. The van der Waals surface area contributed by atoms with E-state index in [1.807, 2.05) is 18.2 Å². The molecule has 3 rings (SSSR count). The predicted molar refractivity (Wildman–Crippen MR) is 71.4 cm³/mol. The Kier molecular flexibility index (Phi) is 3.16. The van der Waals surface area contributed by atoms with Crippen LogP contribution in [0.2, 0.25) is 0 Å². The van der Waals surface area contributed by atoms with Gasteiger partial charge in [-0.25, -0.2) is 0 Å². The topological polar surface area (TPSA) is 71.4 Å². The van der Waals surface area contributed by atoms with E-state index in [9.17, 15) is 14.4 Å². The Hall–Kier alpha value is -1.97. The molecular weight excluding hydrogens is 256 g/mol. The molecule has 0 saturated heterocycles. The van der Waals surface area contributed by atoms with Crippen molar-refractivity contribution < 1.29 is 19.5 Å². The van der Waals surface area contributed by atoms with Crippen LogP contribution in [-0.2, 0) is 16.0 Å². The van der Waals surface area contributed by atoms with Crippen LogP contribution >= 0.6 is 0 Å². The fourth-order valence-electron chi connectivity index (χ4n) is 3.67. The first-order valence-corrected chi connectivity index (χ1v) is 6.93. The summed E-state index contributed by atoms with van der Waals surface area (Å²) in [6.45, 7) is 0. The second-order valence-corrected chi connectivity index (χ2v) is 5.83. The van der Waals surface area contributed by atoms with Gasteiger partial charge in [0.1, 0.15) is 5.78 Å². The number of benzene rings is 1. The van der Waals surface area contributed by atoms with Crippen LogP contribution in [0.3, 0.4) is 0 Å².